The molecule has 4 rings (SSSR count). The minimum absolute atomic E-state index is 0.387. The van der Waals surface area contributed by atoms with E-state index in [0.717, 1.165) is 5.56 Å². The van der Waals surface area contributed by atoms with E-state index in [1.54, 1.807) is 29.2 Å². The zero-order valence-corrected chi connectivity index (χ0v) is 13.4. The zero-order chi connectivity index (χ0) is 17.2. The highest BCUT2D eigenvalue weighted by atomic mass is 16.5. The fraction of sp³-hybridized carbons (Fsp3) is 0.111. The number of rotatable bonds is 4. The lowest BCUT2D eigenvalue weighted by molar-refractivity contribution is 0.306. The monoisotopic (exact) mass is 331 g/mol. The summed E-state index contributed by atoms with van der Waals surface area (Å²) in [6.07, 6.45) is 6.76. The molecule has 0 amide bonds. The Morgan fingerprint density at radius 2 is 2.20 bits per heavy atom. The number of oxazole rings is 1. The van der Waals surface area contributed by atoms with Crippen LogP contribution in [0.15, 0.2) is 53.5 Å². The molecule has 0 saturated heterocycles. The summed E-state index contributed by atoms with van der Waals surface area (Å²) in [4.78, 5) is 8.42. The molecule has 0 radical (unpaired) electrons. The third kappa shape index (κ3) is 2.93. The first-order valence-electron chi connectivity index (χ1n) is 7.58. The highest BCUT2D eigenvalue weighted by molar-refractivity contribution is 5.78. The van der Waals surface area contributed by atoms with Crippen molar-refractivity contribution in [1.29, 1.82) is 5.26 Å². The van der Waals surface area contributed by atoms with E-state index < -0.39 is 0 Å². The molecule has 3 aromatic heterocycles. The van der Waals surface area contributed by atoms with Gasteiger partial charge in [0.15, 0.2) is 5.58 Å². The van der Waals surface area contributed by atoms with Crippen molar-refractivity contribution in [3.8, 4) is 23.3 Å². The average Bonchev–Trinajstić information content (AvgIpc) is 3.25. The van der Waals surface area contributed by atoms with E-state index in [4.69, 9.17) is 9.15 Å². The molecule has 0 atom stereocenters. The molecule has 0 aliphatic rings. The summed E-state index contributed by atoms with van der Waals surface area (Å²) in [5.74, 6) is 1.07. The molecule has 25 heavy (non-hydrogen) atoms. The normalized spacial score (nSPS) is 10.7. The van der Waals surface area contributed by atoms with Gasteiger partial charge in [-0.2, -0.15) is 10.4 Å². The highest BCUT2D eigenvalue weighted by Gasteiger charge is 2.13. The number of nitrogens with zero attached hydrogens (tertiary/aromatic N) is 5. The molecule has 1 aromatic carbocycles. The molecule has 0 aliphatic heterocycles. The quantitative estimate of drug-likeness (QED) is 0.571. The van der Waals surface area contributed by atoms with Crippen LogP contribution in [0.4, 0.5) is 0 Å². The fourth-order valence-corrected chi connectivity index (χ4v) is 2.50. The Balaban J connectivity index is 1.62. The number of fused-ring (bicyclic) bond motifs is 1. The molecule has 0 N–H and O–H groups in total. The van der Waals surface area contributed by atoms with Crippen molar-refractivity contribution in [2.45, 2.75) is 6.61 Å². The van der Waals surface area contributed by atoms with E-state index in [9.17, 15) is 5.26 Å². The number of aryl methyl sites for hydroxylation is 1. The van der Waals surface area contributed by atoms with Gasteiger partial charge in [0, 0.05) is 37.3 Å². The van der Waals surface area contributed by atoms with Gasteiger partial charge in [-0.1, -0.05) is 0 Å². The van der Waals surface area contributed by atoms with Crippen molar-refractivity contribution >= 4 is 11.1 Å². The third-order valence-corrected chi connectivity index (χ3v) is 3.69. The van der Waals surface area contributed by atoms with Gasteiger partial charge in [0.25, 0.3) is 0 Å². The Labute approximate surface area is 143 Å². The lowest BCUT2D eigenvalue weighted by Gasteiger charge is -2.03. The topological polar surface area (TPSA) is 89.8 Å². The molecule has 7 heteroatoms. The van der Waals surface area contributed by atoms with Gasteiger partial charge in [-0.25, -0.2) is 4.98 Å². The molecular formula is C18H13N5O2. The third-order valence-electron chi connectivity index (χ3n) is 3.69. The largest absolute Gasteiger partial charge is 0.489 e. The highest BCUT2D eigenvalue weighted by Crippen LogP contribution is 2.28. The van der Waals surface area contributed by atoms with Crippen LogP contribution in [0, 0.1) is 11.3 Å². The SMILES string of the molecule is Cn1cc(COc2ccc3oc(-c4ccncc4C#N)nc3c2)cn1. The smallest absolute Gasteiger partial charge is 0.228 e. The van der Waals surface area contributed by atoms with Crippen LogP contribution in [-0.2, 0) is 13.7 Å². The van der Waals surface area contributed by atoms with Gasteiger partial charge in [-0.3, -0.25) is 9.67 Å². The maximum atomic E-state index is 9.19. The Hall–Kier alpha value is -3.66. The van der Waals surface area contributed by atoms with Gasteiger partial charge < -0.3 is 9.15 Å². The van der Waals surface area contributed by atoms with Crippen LogP contribution in [0.5, 0.6) is 5.75 Å². The van der Waals surface area contributed by atoms with Crippen molar-refractivity contribution in [3.63, 3.8) is 0 Å². The predicted octanol–water partition coefficient (Wildman–Crippen LogP) is 3.07. The maximum absolute atomic E-state index is 9.19. The minimum atomic E-state index is 0.387. The summed E-state index contributed by atoms with van der Waals surface area (Å²) in [6, 6.07) is 9.25. The van der Waals surface area contributed by atoms with Crippen LogP contribution in [0.2, 0.25) is 0 Å². The average molecular weight is 331 g/mol. The zero-order valence-electron chi connectivity index (χ0n) is 13.4. The first kappa shape index (κ1) is 14.9. The second kappa shape index (κ2) is 6.09. The number of nitriles is 1. The van der Waals surface area contributed by atoms with Gasteiger partial charge in [0.1, 0.15) is 23.9 Å². The Kier molecular flexibility index (Phi) is 3.63. The molecule has 7 nitrogen and oxygen atoms in total. The molecule has 0 aliphatic carbocycles. The Morgan fingerprint density at radius 3 is 3.00 bits per heavy atom. The first-order valence-corrected chi connectivity index (χ1v) is 7.58. The molecule has 4 aromatic rings. The number of pyridine rings is 1. The molecule has 3 heterocycles. The van der Waals surface area contributed by atoms with Crippen molar-refractivity contribution in [2.75, 3.05) is 0 Å². The Bertz CT molecular complexity index is 1090. The van der Waals surface area contributed by atoms with Gasteiger partial charge >= 0.3 is 0 Å². The van der Waals surface area contributed by atoms with Crippen LogP contribution >= 0.6 is 0 Å². The molecule has 0 fully saturated rings. The van der Waals surface area contributed by atoms with Gasteiger partial charge in [-0.15, -0.1) is 0 Å². The van der Waals surface area contributed by atoms with E-state index in [1.165, 1.54) is 6.20 Å². The summed E-state index contributed by atoms with van der Waals surface area (Å²) < 4.78 is 13.3. The predicted molar refractivity (Wildman–Crippen MR) is 89.5 cm³/mol. The molecular weight excluding hydrogens is 318 g/mol. The second-order valence-corrected chi connectivity index (χ2v) is 5.49. The van der Waals surface area contributed by atoms with Crippen LogP contribution in [0.3, 0.4) is 0 Å². The minimum Gasteiger partial charge on any atom is -0.489 e. The number of aromatic nitrogens is 4. The lowest BCUT2D eigenvalue weighted by atomic mass is 10.1. The summed E-state index contributed by atoms with van der Waals surface area (Å²) in [7, 11) is 1.86. The van der Waals surface area contributed by atoms with E-state index in [2.05, 4.69) is 21.1 Å². The molecule has 0 spiro atoms. The number of hydrogen-bond acceptors (Lipinski definition) is 6. The first-order chi connectivity index (χ1) is 12.2. The molecule has 122 valence electrons. The van der Waals surface area contributed by atoms with Crippen LogP contribution in [0.25, 0.3) is 22.6 Å². The molecule has 0 unspecified atom stereocenters. The maximum Gasteiger partial charge on any atom is 0.228 e. The lowest BCUT2D eigenvalue weighted by Crippen LogP contribution is -1.94. The number of hydrogen-bond donors (Lipinski definition) is 0. The van der Waals surface area contributed by atoms with Crippen molar-refractivity contribution < 1.29 is 9.15 Å². The van der Waals surface area contributed by atoms with E-state index in [0.29, 0.717) is 40.5 Å². The van der Waals surface area contributed by atoms with Crippen molar-refractivity contribution in [1.82, 2.24) is 19.7 Å². The van der Waals surface area contributed by atoms with Crippen LogP contribution < -0.4 is 4.74 Å². The van der Waals surface area contributed by atoms with Crippen molar-refractivity contribution in [2.24, 2.45) is 7.05 Å². The molecule has 0 bridgehead atoms. The van der Waals surface area contributed by atoms with E-state index >= 15 is 0 Å². The van der Waals surface area contributed by atoms with Gasteiger partial charge in [-0.05, 0) is 18.2 Å². The van der Waals surface area contributed by atoms with Gasteiger partial charge in [0.05, 0.1) is 17.3 Å². The number of benzene rings is 1. The van der Waals surface area contributed by atoms with Crippen molar-refractivity contribution in [3.05, 3.63) is 60.2 Å². The summed E-state index contributed by atoms with van der Waals surface area (Å²) in [5, 5.41) is 13.3. The van der Waals surface area contributed by atoms with Crippen LogP contribution in [-0.4, -0.2) is 19.7 Å². The second-order valence-electron chi connectivity index (χ2n) is 5.49. The molecule has 0 saturated carbocycles. The fourth-order valence-electron chi connectivity index (χ4n) is 2.50. The van der Waals surface area contributed by atoms with Crippen LogP contribution in [0.1, 0.15) is 11.1 Å². The summed E-state index contributed by atoms with van der Waals surface area (Å²) >= 11 is 0. The van der Waals surface area contributed by atoms with Gasteiger partial charge in [0.2, 0.25) is 5.89 Å². The Morgan fingerprint density at radius 1 is 1.28 bits per heavy atom. The van der Waals surface area contributed by atoms with E-state index in [-0.39, 0.29) is 0 Å². The standard InChI is InChI=1S/C18H13N5O2/c1-23-10-12(8-21-23)11-24-14-2-3-17-16(6-14)22-18(25-17)15-4-5-20-9-13(15)7-19/h2-6,8-10H,11H2,1H3. The number of ether oxygens (including phenoxy) is 1. The summed E-state index contributed by atoms with van der Waals surface area (Å²) in [5.41, 5.74) is 3.32. The van der Waals surface area contributed by atoms with E-state index in [1.807, 2.05) is 25.4 Å². The summed E-state index contributed by atoms with van der Waals surface area (Å²) in [6.45, 7) is 0.424.